The second-order valence-corrected chi connectivity index (χ2v) is 9.97. The zero-order chi connectivity index (χ0) is 30.1. The van der Waals surface area contributed by atoms with Gasteiger partial charge >= 0.3 is 12.1 Å². The maximum absolute atomic E-state index is 13.7. The number of nitrogen functional groups attached to an aromatic ring is 1. The Kier molecular flexibility index (Phi) is 5.19. The van der Waals surface area contributed by atoms with E-state index in [4.69, 9.17) is 9.85 Å². The first-order chi connectivity index (χ1) is 18.9. The lowest BCUT2D eigenvalue weighted by Gasteiger charge is -2.23. The van der Waals surface area contributed by atoms with Gasteiger partial charge in [-0.25, -0.2) is 19.9 Å². The van der Waals surface area contributed by atoms with Gasteiger partial charge in [-0.05, 0) is 47.2 Å². The molecule has 1 aromatic carbocycles. The normalized spacial score (nSPS) is 19.1. The molecule has 198 valence electrons. The Labute approximate surface area is 229 Å². The van der Waals surface area contributed by atoms with E-state index in [-0.39, 0.29) is 39.8 Å². The summed E-state index contributed by atoms with van der Waals surface area (Å²) in [5.41, 5.74) is 5.32. The minimum atomic E-state index is -5.81. The third kappa shape index (κ3) is 4.12. The number of alkyl halides is 5. The third-order valence-corrected chi connectivity index (χ3v) is 7.03. The quantitative estimate of drug-likeness (QED) is 0.243. The molecule has 1 aliphatic heterocycles. The van der Waals surface area contributed by atoms with Gasteiger partial charge in [-0.1, -0.05) is 12.1 Å². The van der Waals surface area contributed by atoms with Crippen molar-refractivity contribution in [2.45, 2.75) is 37.3 Å². The standard InChI is InChI=1S/C23H18F5IN8O/c1-21(10-3-5-11(29)6-4-10)14-16(30)34-18(35-17(14)36-20(21)38)15-12-9-31-37(2)19(12)33-13(32-15)7-8-22(24,25)23(26,27)28/h3-6,9H,7-8H2,1-2H3,(H3,30,34,35,36,38)/i2D3. The molecule has 3 aromatic heterocycles. The number of hydrogen-bond donors (Lipinski definition) is 2. The van der Waals surface area contributed by atoms with E-state index in [9.17, 15) is 26.7 Å². The van der Waals surface area contributed by atoms with Crippen molar-refractivity contribution >= 4 is 51.2 Å². The van der Waals surface area contributed by atoms with E-state index in [0.717, 1.165) is 9.77 Å². The molecular weight excluding hydrogens is 626 g/mol. The van der Waals surface area contributed by atoms with E-state index in [2.05, 4.69) is 52.9 Å². The molecule has 1 aliphatic rings. The fraction of sp³-hybridized carbons (Fsp3) is 0.304. The van der Waals surface area contributed by atoms with Gasteiger partial charge in [0, 0.05) is 27.5 Å². The fourth-order valence-corrected chi connectivity index (χ4v) is 4.58. The SMILES string of the molecule is [2H]C([2H])([2H])n1ncc2c(-c3nc(N)c4c(n3)NC(=O)C4(C)c3ccc(I)cc3)nc(CCC(F)(F)C(F)(F)F)nc21. The molecule has 15 heteroatoms. The number of carbonyl (C=O) groups excluding carboxylic acids is 1. The van der Waals surface area contributed by atoms with Crippen molar-refractivity contribution in [2.24, 2.45) is 6.98 Å². The summed E-state index contributed by atoms with van der Waals surface area (Å²) in [4.78, 5) is 29.8. The fourth-order valence-electron chi connectivity index (χ4n) is 4.22. The Hall–Kier alpha value is -3.50. The van der Waals surface area contributed by atoms with Crippen LogP contribution < -0.4 is 11.1 Å². The minimum absolute atomic E-state index is 0.0266. The molecule has 1 unspecified atom stereocenters. The molecule has 0 fully saturated rings. The number of fused-ring (bicyclic) bond motifs is 2. The molecule has 0 aliphatic carbocycles. The van der Waals surface area contributed by atoms with Crippen molar-refractivity contribution in [3.63, 3.8) is 0 Å². The van der Waals surface area contributed by atoms with E-state index < -0.39 is 49.1 Å². The van der Waals surface area contributed by atoms with Crippen LogP contribution in [0.1, 0.15) is 34.4 Å². The Morgan fingerprint density at radius 1 is 1.13 bits per heavy atom. The first-order valence-corrected chi connectivity index (χ1v) is 12.0. The van der Waals surface area contributed by atoms with Crippen molar-refractivity contribution in [1.29, 1.82) is 0 Å². The summed E-state index contributed by atoms with van der Waals surface area (Å²) < 4.78 is 90.2. The van der Waals surface area contributed by atoms with Crippen LogP contribution >= 0.6 is 22.6 Å². The molecule has 4 aromatic rings. The largest absolute Gasteiger partial charge is 0.453 e. The smallest absolute Gasteiger partial charge is 0.383 e. The summed E-state index contributed by atoms with van der Waals surface area (Å²) in [5, 5.41) is 6.41. The van der Waals surface area contributed by atoms with Crippen LogP contribution in [0.5, 0.6) is 0 Å². The summed E-state index contributed by atoms with van der Waals surface area (Å²) in [6.45, 7) is -1.24. The van der Waals surface area contributed by atoms with Crippen LogP contribution in [0.4, 0.5) is 33.6 Å². The maximum Gasteiger partial charge on any atom is 0.453 e. The molecule has 1 amide bonds. The van der Waals surface area contributed by atoms with Crippen molar-refractivity contribution in [1.82, 2.24) is 29.7 Å². The second-order valence-electron chi connectivity index (χ2n) is 8.73. The molecule has 1 atom stereocenters. The number of carbonyl (C=O) groups is 1. The van der Waals surface area contributed by atoms with Gasteiger partial charge in [-0.3, -0.25) is 9.48 Å². The Morgan fingerprint density at radius 2 is 1.84 bits per heavy atom. The highest BCUT2D eigenvalue weighted by molar-refractivity contribution is 14.1. The van der Waals surface area contributed by atoms with Crippen LogP contribution in [0.2, 0.25) is 0 Å². The van der Waals surface area contributed by atoms with Crippen molar-refractivity contribution in [2.75, 3.05) is 11.1 Å². The van der Waals surface area contributed by atoms with Crippen molar-refractivity contribution in [3.8, 4) is 11.5 Å². The first-order valence-electron chi connectivity index (χ1n) is 12.4. The summed E-state index contributed by atoms with van der Waals surface area (Å²) >= 11 is 2.12. The highest BCUT2D eigenvalue weighted by Crippen LogP contribution is 2.45. The lowest BCUT2D eigenvalue weighted by Crippen LogP contribution is -2.36. The summed E-state index contributed by atoms with van der Waals surface area (Å²) in [7, 11) is 0. The predicted molar refractivity (Wildman–Crippen MR) is 135 cm³/mol. The van der Waals surface area contributed by atoms with Crippen LogP contribution in [0, 0.1) is 3.57 Å². The van der Waals surface area contributed by atoms with Gasteiger partial charge < -0.3 is 11.1 Å². The molecule has 0 saturated carbocycles. The Balaban J connectivity index is 1.66. The molecule has 0 saturated heterocycles. The highest BCUT2D eigenvalue weighted by Gasteiger charge is 2.56. The monoisotopic (exact) mass is 647 g/mol. The van der Waals surface area contributed by atoms with Gasteiger partial charge in [0.1, 0.15) is 28.6 Å². The Morgan fingerprint density at radius 3 is 2.50 bits per heavy atom. The lowest BCUT2D eigenvalue weighted by molar-refractivity contribution is -0.284. The van der Waals surface area contributed by atoms with Crippen LogP contribution in [-0.2, 0) is 23.6 Å². The number of rotatable bonds is 5. The lowest BCUT2D eigenvalue weighted by atomic mass is 9.78. The number of nitrogens with two attached hydrogens (primary N) is 1. The number of halogens is 6. The molecule has 38 heavy (non-hydrogen) atoms. The van der Waals surface area contributed by atoms with Crippen LogP contribution in [0.3, 0.4) is 0 Å². The van der Waals surface area contributed by atoms with Crippen molar-refractivity contribution in [3.05, 3.63) is 51.0 Å². The number of amides is 1. The number of benzene rings is 1. The van der Waals surface area contributed by atoms with E-state index in [0.29, 0.717) is 10.2 Å². The number of aryl methyl sites for hydroxylation is 2. The summed E-state index contributed by atoms with van der Waals surface area (Å²) in [6, 6.07) is 7.12. The molecule has 0 bridgehead atoms. The first kappa shape index (κ1) is 22.5. The van der Waals surface area contributed by atoms with Gasteiger partial charge in [0.2, 0.25) is 5.91 Å². The molecule has 9 nitrogen and oxygen atoms in total. The zero-order valence-corrected chi connectivity index (χ0v) is 21.4. The van der Waals surface area contributed by atoms with Gasteiger partial charge in [-0.15, -0.1) is 0 Å². The number of nitrogens with zero attached hydrogens (tertiary/aromatic N) is 6. The summed E-state index contributed by atoms with van der Waals surface area (Å²) in [6.07, 6.45) is -7.39. The topological polar surface area (TPSA) is 124 Å². The number of hydrogen-bond acceptors (Lipinski definition) is 7. The maximum atomic E-state index is 13.7. The third-order valence-electron chi connectivity index (χ3n) is 6.31. The van der Waals surface area contributed by atoms with Crippen molar-refractivity contribution < 1.29 is 30.9 Å². The highest BCUT2D eigenvalue weighted by atomic mass is 127. The van der Waals surface area contributed by atoms with Crippen LogP contribution in [0.25, 0.3) is 22.6 Å². The molecule has 4 heterocycles. The number of nitrogens with one attached hydrogen (secondary N) is 1. The molecule has 0 radical (unpaired) electrons. The van der Waals surface area contributed by atoms with Crippen LogP contribution in [0.15, 0.2) is 30.5 Å². The number of aromatic nitrogens is 6. The molecule has 3 N–H and O–H groups in total. The zero-order valence-electron chi connectivity index (χ0n) is 22.2. The van der Waals surface area contributed by atoms with E-state index in [1.54, 1.807) is 19.1 Å². The molecule has 0 spiro atoms. The average Bonchev–Trinajstić information content (AvgIpc) is 3.41. The van der Waals surface area contributed by atoms with E-state index in [1.807, 2.05) is 12.1 Å². The van der Waals surface area contributed by atoms with Crippen LogP contribution in [-0.4, -0.2) is 47.7 Å². The van der Waals surface area contributed by atoms with Gasteiger partial charge in [0.15, 0.2) is 11.5 Å². The molecule has 5 rings (SSSR count). The molecular formula is C23H18F5IN8O. The van der Waals surface area contributed by atoms with Gasteiger partial charge in [0.05, 0.1) is 17.1 Å². The van der Waals surface area contributed by atoms with Gasteiger partial charge in [0.25, 0.3) is 0 Å². The second kappa shape index (κ2) is 8.78. The Bertz CT molecular complexity index is 1690. The number of anilines is 2. The predicted octanol–water partition coefficient (Wildman–Crippen LogP) is 4.40. The van der Waals surface area contributed by atoms with E-state index >= 15 is 0 Å². The average molecular weight is 647 g/mol. The van der Waals surface area contributed by atoms with Gasteiger partial charge in [-0.2, -0.15) is 27.1 Å². The van der Waals surface area contributed by atoms with E-state index in [1.165, 1.54) is 0 Å². The summed E-state index contributed by atoms with van der Waals surface area (Å²) in [5.74, 6) is -6.39. The minimum Gasteiger partial charge on any atom is -0.383 e.